The van der Waals surface area contributed by atoms with Gasteiger partial charge in [0.25, 0.3) is 0 Å². The molecule has 1 aromatic heterocycles. The summed E-state index contributed by atoms with van der Waals surface area (Å²) in [5.41, 5.74) is 3.01. The molecule has 1 unspecified atom stereocenters. The molecule has 0 bridgehead atoms. The number of benzene rings is 1. The van der Waals surface area contributed by atoms with Gasteiger partial charge in [-0.05, 0) is 42.5 Å². The van der Waals surface area contributed by atoms with Crippen LogP contribution in [0.4, 0.5) is 10.5 Å². The fourth-order valence-corrected chi connectivity index (χ4v) is 2.61. The first kappa shape index (κ1) is 13.5. The van der Waals surface area contributed by atoms with Crippen molar-refractivity contribution in [2.75, 3.05) is 19.0 Å². The van der Waals surface area contributed by atoms with E-state index in [1.807, 2.05) is 24.4 Å². The highest BCUT2D eigenvalue weighted by Gasteiger charge is 2.22. The normalized spacial score (nSPS) is 16.7. The number of nitrogens with one attached hydrogen (secondary N) is 3. The lowest BCUT2D eigenvalue weighted by atomic mass is 9.89. The summed E-state index contributed by atoms with van der Waals surface area (Å²) in [4.78, 5) is 18.6. The summed E-state index contributed by atoms with van der Waals surface area (Å²) in [7, 11) is 1.60. The van der Waals surface area contributed by atoms with E-state index in [0.717, 1.165) is 35.5 Å². The highest BCUT2D eigenvalue weighted by atomic mass is 16.5. The molecule has 21 heavy (non-hydrogen) atoms. The van der Waals surface area contributed by atoms with E-state index in [-0.39, 0.29) is 6.03 Å². The zero-order valence-electron chi connectivity index (χ0n) is 11.8. The van der Waals surface area contributed by atoms with Gasteiger partial charge in [-0.1, -0.05) is 0 Å². The van der Waals surface area contributed by atoms with Crippen molar-refractivity contribution in [1.82, 2.24) is 15.3 Å². The van der Waals surface area contributed by atoms with Gasteiger partial charge in [0.1, 0.15) is 5.75 Å². The Kier molecular flexibility index (Phi) is 3.77. The Labute approximate surface area is 122 Å². The molecule has 0 spiro atoms. The zero-order valence-corrected chi connectivity index (χ0v) is 11.8. The number of anilines is 1. The number of carbonyl (C=O) groups excluding carboxylic acids is 1. The van der Waals surface area contributed by atoms with E-state index < -0.39 is 0 Å². The zero-order chi connectivity index (χ0) is 14.7. The average Bonchev–Trinajstić information content (AvgIpc) is 3.01. The molecule has 6 heteroatoms. The Morgan fingerprint density at radius 3 is 3.19 bits per heavy atom. The minimum atomic E-state index is -0.225. The van der Waals surface area contributed by atoms with Gasteiger partial charge in [0.2, 0.25) is 0 Å². The highest BCUT2D eigenvalue weighted by Crippen LogP contribution is 2.37. The van der Waals surface area contributed by atoms with Crippen LogP contribution in [0.1, 0.15) is 23.6 Å². The van der Waals surface area contributed by atoms with Crippen LogP contribution in [-0.2, 0) is 6.42 Å². The maximum Gasteiger partial charge on any atom is 0.318 e. The Bertz CT molecular complexity index is 625. The second-order valence-corrected chi connectivity index (χ2v) is 5.07. The molecule has 6 nitrogen and oxygen atoms in total. The molecular weight excluding hydrogens is 268 g/mol. The second-order valence-electron chi connectivity index (χ2n) is 5.07. The molecule has 1 aliphatic heterocycles. The van der Waals surface area contributed by atoms with Gasteiger partial charge < -0.3 is 20.4 Å². The first-order valence-electron chi connectivity index (χ1n) is 6.99. The summed E-state index contributed by atoms with van der Waals surface area (Å²) in [6.45, 7) is 0.716. The lowest BCUT2D eigenvalue weighted by Crippen LogP contribution is -2.24. The van der Waals surface area contributed by atoms with E-state index in [2.05, 4.69) is 20.6 Å². The fraction of sp³-hybridized carbons (Fsp3) is 0.333. The number of urea groups is 1. The Balaban J connectivity index is 1.84. The molecule has 0 aliphatic carbocycles. The predicted octanol–water partition coefficient (Wildman–Crippen LogP) is 2.27. The third-order valence-electron chi connectivity index (χ3n) is 3.68. The van der Waals surface area contributed by atoms with E-state index in [0.29, 0.717) is 12.5 Å². The van der Waals surface area contributed by atoms with Crippen LogP contribution < -0.4 is 15.4 Å². The van der Waals surface area contributed by atoms with E-state index in [4.69, 9.17) is 4.74 Å². The third kappa shape index (κ3) is 2.99. The van der Waals surface area contributed by atoms with Crippen molar-refractivity contribution in [3.63, 3.8) is 0 Å². The Morgan fingerprint density at radius 2 is 2.43 bits per heavy atom. The van der Waals surface area contributed by atoms with Crippen molar-refractivity contribution in [2.45, 2.75) is 18.8 Å². The molecule has 2 heterocycles. The number of aromatic nitrogens is 2. The van der Waals surface area contributed by atoms with Crippen molar-refractivity contribution < 1.29 is 9.53 Å². The number of amides is 2. The molecule has 3 N–H and O–H groups in total. The molecule has 0 saturated heterocycles. The number of hydrogen-bond acceptors (Lipinski definition) is 3. The van der Waals surface area contributed by atoms with Crippen LogP contribution in [0.5, 0.6) is 5.75 Å². The molecule has 0 radical (unpaired) electrons. The topological polar surface area (TPSA) is 79.0 Å². The first-order chi connectivity index (χ1) is 10.3. The van der Waals surface area contributed by atoms with Gasteiger partial charge in [-0.25, -0.2) is 9.78 Å². The molecule has 2 amide bonds. The Morgan fingerprint density at radius 1 is 1.52 bits per heavy atom. The molecule has 110 valence electrons. The SMILES string of the molecule is CNC(=O)Nc1ccc2c(c1)C(Cc1cnc[nH]1)CCO2. The van der Waals surface area contributed by atoms with Crippen LogP contribution in [0, 0.1) is 0 Å². The van der Waals surface area contributed by atoms with Crippen LogP contribution >= 0.6 is 0 Å². The van der Waals surface area contributed by atoms with Gasteiger partial charge in [-0.3, -0.25) is 0 Å². The molecular formula is C15H18N4O2. The standard InChI is InChI=1S/C15H18N4O2/c1-16-15(20)19-11-2-3-14-13(7-11)10(4-5-21-14)6-12-8-17-9-18-12/h2-3,7-10H,4-6H2,1H3,(H,17,18)(H2,16,19,20). The molecule has 1 atom stereocenters. The van der Waals surface area contributed by atoms with Gasteiger partial charge in [-0.2, -0.15) is 0 Å². The van der Waals surface area contributed by atoms with Crippen LogP contribution in [0.2, 0.25) is 0 Å². The van der Waals surface area contributed by atoms with Crippen LogP contribution in [0.25, 0.3) is 0 Å². The summed E-state index contributed by atoms with van der Waals surface area (Å²) in [6, 6.07) is 5.54. The minimum absolute atomic E-state index is 0.225. The number of rotatable bonds is 3. The number of H-pyrrole nitrogens is 1. The van der Waals surface area contributed by atoms with E-state index in [1.165, 1.54) is 0 Å². The maximum absolute atomic E-state index is 11.4. The summed E-state index contributed by atoms with van der Waals surface area (Å²) in [5, 5.41) is 5.34. The van der Waals surface area contributed by atoms with Gasteiger partial charge in [0.15, 0.2) is 0 Å². The summed E-state index contributed by atoms with van der Waals surface area (Å²) in [6.07, 6.45) is 5.39. The number of carbonyl (C=O) groups is 1. The van der Waals surface area contributed by atoms with E-state index >= 15 is 0 Å². The summed E-state index contributed by atoms with van der Waals surface area (Å²) in [5.74, 6) is 1.26. The first-order valence-corrected chi connectivity index (χ1v) is 6.99. The lowest BCUT2D eigenvalue weighted by molar-refractivity contribution is 0.254. The molecule has 1 aliphatic rings. The number of ether oxygens (including phenoxy) is 1. The Hall–Kier alpha value is -2.50. The molecule has 3 rings (SSSR count). The van der Waals surface area contributed by atoms with Crippen LogP contribution in [-0.4, -0.2) is 29.7 Å². The van der Waals surface area contributed by atoms with E-state index in [9.17, 15) is 4.79 Å². The van der Waals surface area contributed by atoms with Crippen molar-refractivity contribution in [3.8, 4) is 5.75 Å². The second kappa shape index (κ2) is 5.87. The smallest absolute Gasteiger partial charge is 0.318 e. The molecule has 0 saturated carbocycles. The highest BCUT2D eigenvalue weighted by molar-refractivity contribution is 5.89. The van der Waals surface area contributed by atoms with Gasteiger partial charge in [0.05, 0.1) is 12.9 Å². The number of aromatic amines is 1. The maximum atomic E-state index is 11.4. The van der Waals surface area contributed by atoms with Crippen LogP contribution in [0.3, 0.4) is 0 Å². The number of fused-ring (bicyclic) bond motifs is 1. The molecule has 0 fully saturated rings. The monoisotopic (exact) mass is 286 g/mol. The summed E-state index contributed by atoms with van der Waals surface area (Å²) >= 11 is 0. The van der Waals surface area contributed by atoms with Gasteiger partial charge in [0, 0.05) is 24.6 Å². The summed E-state index contributed by atoms with van der Waals surface area (Å²) < 4.78 is 5.71. The van der Waals surface area contributed by atoms with Gasteiger partial charge >= 0.3 is 6.03 Å². The average molecular weight is 286 g/mol. The fourth-order valence-electron chi connectivity index (χ4n) is 2.61. The van der Waals surface area contributed by atoms with Crippen LogP contribution in [0.15, 0.2) is 30.7 Å². The van der Waals surface area contributed by atoms with Gasteiger partial charge in [-0.15, -0.1) is 0 Å². The quantitative estimate of drug-likeness (QED) is 0.810. The lowest BCUT2D eigenvalue weighted by Gasteiger charge is -2.26. The third-order valence-corrected chi connectivity index (χ3v) is 3.68. The van der Waals surface area contributed by atoms with Crippen molar-refractivity contribution in [2.24, 2.45) is 0 Å². The van der Waals surface area contributed by atoms with Crippen molar-refractivity contribution in [3.05, 3.63) is 42.0 Å². The minimum Gasteiger partial charge on any atom is -0.493 e. The molecule has 2 aromatic rings. The number of hydrogen-bond donors (Lipinski definition) is 3. The van der Waals surface area contributed by atoms with E-state index in [1.54, 1.807) is 13.4 Å². The predicted molar refractivity (Wildman–Crippen MR) is 79.7 cm³/mol. The largest absolute Gasteiger partial charge is 0.493 e. The molecule has 1 aromatic carbocycles. The van der Waals surface area contributed by atoms with Crippen molar-refractivity contribution >= 4 is 11.7 Å². The number of nitrogens with zero attached hydrogens (tertiary/aromatic N) is 1. The van der Waals surface area contributed by atoms with Crippen molar-refractivity contribution in [1.29, 1.82) is 0 Å². The number of imidazole rings is 1.